The molecule has 1 saturated heterocycles. The molecule has 0 saturated carbocycles. The van der Waals surface area contributed by atoms with Crippen LogP contribution in [0.15, 0.2) is 45.6 Å². The minimum Gasteiger partial charge on any atom is -0.508 e. The van der Waals surface area contributed by atoms with Crippen LogP contribution >= 0.6 is 0 Å². The molecule has 4 rings (SSSR count). The van der Waals surface area contributed by atoms with Crippen LogP contribution in [0.25, 0.3) is 22.3 Å². The summed E-state index contributed by atoms with van der Waals surface area (Å²) in [6, 6.07) is 7.48. The van der Waals surface area contributed by atoms with Crippen molar-refractivity contribution >= 4 is 11.0 Å². The number of hydrogen-bond donors (Lipinski definition) is 7. The van der Waals surface area contributed by atoms with E-state index in [4.69, 9.17) is 13.9 Å². The Morgan fingerprint density at radius 3 is 2.25 bits per heavy atom. The number of aromatic hydroxyl groups is 3. The molecule has 0 amide bonds. The van der Waals surface area contributed by atoms with Gasteiger partial charge in [0.2, 0.25) is 17.5 Å². The summed E-state index contributed by atoms with van der Waals surface area (Å²) in [5, 5.41) is 68.8. The first-order valence-electron chi connectivity index (χ1n) is 9.50. The van der Waals surface area contributed by atoms with Gasteiger partial charge in [-0.05, 0) is 24.3 Å². The van der Waals surface area contributed by atoms with Crippen molar-refractivity contribution in [3.8, 4) is 34.3 Å². The lowest BCUT2D eigenvalue weighted by molar-refractivity contribution is -0.277. The largest absolute Gasteiger partial charge is 0.508 e. The minimum atomic E-state index is -1.80. The first-order chi connectivity index (χ1) is 15.2. The Bertz CT molecular complexity index is 1190. The van der Waals surface area contributed by atoms with Crippen molar-refractivity contribution in [1.29, 1.82) is 0 Å². The molecule has 32 heavy (non-hydrogen) atoms. The van der Waals surface area contributed by atoms with E-state index >= 15 is 0 Å². The number of aliphatic hydroxyl groups is 4. The van der Waals surface area contributed by atoms with Gasteiger partial charge < -0.3 is 49.6 Å². The van der Waals surface area contributed by atoms with Crippen molar-refractivity contribution in [3.05, 3.63) is 46.6 Å². The maximum Gasteiger partial charge on any atom is 0.239 e. The Hall–Kier alpha value is -3.35. The van der Waals surface area contributed by atoms with Crippen LogP contribution in [0.1, 0.15) is 0 Å². The van der Waals surface area contributed by atoms with Crippen LogP contribution in [-0.4, -0.2) is 73.1 Å². The van der Waals surface area contributed by atoms with E-state index in [-0.39, 0.29) is 33.8 Å². The van der Waals surface area contributed by atoms with Crippen LogP contribution in [-0.2, 0) is 4.74 Å². The van der Waals surface area contributed by atoms with Gasteiger partial charge in [-0.3, -0.25) is 4.79 Å². The van der Waals surface area contributed by atoms with Crippen molar-refractivity contribution < 1.29 is 49.6 Å². The summed E-state index contributed by atoms with van der Waals surface area (Å²) >= 11 is 0. The maximum absolute atomic E-state index is 13.2. The second kappa shape index (κ2) is 8.30. The maximum atomic E-state index is 13.2. The predicted octanol–water partition coefficient (Wildman–Crippen LogP) is -0.244. The van der Waals surface area contributed by atoms with E-state index < -0.39 is 54.2 Å². The molecule has 1 fully saturated rings. The highest BCUT2D eigenvalue weighted by atomic mass is 16.7. The monoisotopic (exact) mass is 448 g/mol. The smallest absolute Gasteiger partial charge is 0.239 e. The van der Waals surface area contributed by atoms with E-state index in [0.717, 1.165) is 12.1 Å². The lowest BCUT2D eigenvalue weighted by Crippen LogP contribution is -2.60. The van der Waals surface area contributed by atoms with Crippen LogP contribution in [0.3, 0.4) is 0 Å². The van der Waals surface area contributed by atoms with E-state index in [9.17, 15) is 40.5 Å². The van der Waals surface area contributed by atoms with E-state index in [2.05, 4.69) is 0 Å². The Morgan fingerprint density at radius 2 is 1.59 bits per heavy atom. The third-order valence-electron chi connectivity index (χ3n) is 5.13. The number of phenols is 3. The number of aliphatic hydroxyl groups excluding tert-OH is 4. The zero-order valence-electron chi connectivity index (χ0n) is 16.3. The van der Waals surface area contributed by atoms with E-state index in [0.29, 0.717) is 0 Å². The van der Waals surface area contributed by atoms with Gasteiger partial charge in [0.05, 0.1) is 6.61 Å². The number of benzene rings is 2. The van der Waals surface area contributed by atoms with Crippen molar-refractivity contribution in [1.82, 2.24) is 0 Å². The van der Waals surface area contributed by atoms with Gasteiger partial charge in [0, 0.05) is 17.7 Å². The van der Waals surface area contributed by atoms with E-state index in [1.807, 2.05) is 0 Å². The molecule has 1 aromatic heterocycles. The van der Waals surface area contributed by atoms with E-state index in [1.165, 1.54) is 24.3 Å². The minimum absolute atomic E-state index is 0.0661. The SMILES string of the molecule is O=c1c(OC2O[C@H](CO)[C@@H](O)[C@H](O)[C@@H]2O)c(-c2ccc(O)cc2)oc2cc(O)cc(O)c12. The summed E-state index contributed by atoms with van der Waals surface area (Å²) in [5.74, 6) is -1.73. The lowest BCUT2D eigenvalue weighted by atomic mass is 9.99. The summed E-state index contributed by atoms with van der Waals surface area (Å²) in [7, 11) is 0. The average Bonchev–Trinajstić information content (AvgIpc) is 2.75. The third kappa shape index (κ3) is 3.72. The molecule has 0 spiro atoms. The van der Waals surface area contributed by atoms with Gasteiger partial charge in [-0.1, -0.05) is 0 Å². The summed E-state index contributed by atoms with van der Waals surface area (Å²) in [6.07, 6.45) is -8.16. The molecule has 2 heterocycles. The zero-order valence-corrected chi connectivity index (χ0v) is 16.3. The molecule has 3 aromatic rings. The van der Waals surface area contributed by atoms with E-state index in [1.54, 1.807) is 0 Å². The molecule has 0 radical (unpaired) electrons. The standard InChI is InChI=1S/C21H20O11/c22-7-13-15(26)17(28)18(29)21(31-13)32-20-16(27)14-11(25)5-10(24)6-12(14)30-19(20)8-1-3-9(23)4-2-8/h1-6,13,15,17-18,21-26,28-29H,7H2/t13-,15-,17+,18+,21?/m1/s1. The van der Waals surface area contributed by atoms with Gasteiger partial charge in [-0.15, -0.1) is 0 Å². The Kier molecular flexibility index (Phi) is 5.67. The molecule has 7 N–H and O–H groups in total. The number of phenolic OH excluding ortho intramolecular Hbond substituents is 3. The van der Waals surface area contributed by atoms with Crippen LogP contribution in [0.5, 0.6) is 23.0 Å². The first-order valence-corrected chi connectivity index (χ1v) is 9.50. The molecule has 5 atom stereocenters. The number of rotatable bonds is 4. The predicted molar refractivity (Wildman–Crippen MR) is 107 cm³/mol. The highest BCUT2D eigenvalue weighted by molar-refractivity contribution is 5.88. The molecule has 1 aliphatic rings. The first kappa shape index (κ1) is 21.9. The third-order valence-corrected chi connectivity index (χ3v) is 5.13. The zero-order chi connectivity index (χ0) is 23.2. The fourth-order valence-electron chi connectivity index (χ4n) is 3.46. The van der Waals surface area contributed by atoms with Crippen LogP contribution in [0.4, 0.5) is 0 Å². The van der Waals surface area contributed by atoms with Gasteiger partial charge in [0.25, 0.3) is 0 Å². The Balaban J connectivity index is 1.89. The fraction of sp³-hybridized carbons (Fsp3) is 0.286. The van der Waals surface area contributed by atoms with Gasteiger partial charge in [0.1, 0.15) is 52.6 Å². The average molecular weight is 448 g/mol. The Morgan fingerprint density at radius 1 is 0.906 bits per heavy atom. The van der Waals surface area contributed by atoms with Crippen LogP contribution in [0.2, 0.25) is 0 Å². The molecule has 11 nitrogen and oxygen atoms in total. The molecular formula is C21H20O11. The second-order valence-corrected chi connectivity index (χ2v) is 7.29. The second-order valence-electron chi connectivity index (χ2n) is 7.29. The number of fused-ring (bicyclic) bond motifs is 1. The fourth-order valence-corrected chi connectivity index (χ4v) is 3.46. The number of hydrogen-bond acceptors (Lipinski definition) is 11. The molecule has 1 aliphatic heterocycles. The van der Waals surface area contributed by atoms with Crippen LogP contribution in [0, 0.1) is 0 Å². The van der Waals surface area contributed by atoms with Crippen LogP contribution < -0.4 is 10.2 Å². The van der Waals surface area contributed by atoms with Crippen molar-refractivity contribution in [2.45, 2.75) is 30.7 Å². The van der Waals surface area contributed by atoms with Crippen molar-refractivity contribution in [3.63, 3.8) is 0 Å². The van der Waals surface area contributed by atoms with Gasteiger partial charge in [0.15, 0.2) is 5.76 Å². The van der Waals surface area contributed by atoms with Gasteiger partial charge in [-0.2, -0.15) is 0 Å². The molecule has 0 bridgehead atoms. The summed E-state index contributed by atoms with van der Waals surface area (Å²) in [4.78, 5) is 13.2. The molecule has 1 unspecified atom stereocenters. The molecule has 170 valence electrons. The van der Waals surface area contributed by atoms with Crippen molar-refractivity contribution in [2.75, 3.05) is 6.61 Å². The molecule has 11 heteroatoms. The van der Waals surface area contributed by atoms with Gasteiger partial charge in [-0.25, -0.2) is 0 Å². The van der Waals surface area contributed by atoms with Crippen molar-refractivity contribution in [2.24, 2.45) is 0 Å². The normalized spacial score (nSPS) is 25.7. The topological polar surface area (TPSA) is 190 Å². The summed E-state index contributed by atoms with van der Waals surface area (Å²) in [5.41, 5.74) is -0.801. The molecular weight excluding hydrogens is 428 g/mol. The quantitative estimate of drug-likeness (QED) is 0.279. The lowest BCUT2D eigenvalue weighted by Gasteiger charge is -2.39. The molecule has 2 aromatic carbocycles. The Labute approximate surface area is 179 Å². The highest BCUT2D eigenvalue weighted by Crippen LogP contribution is 2.37. The number of ether oxygens (including phenoxy) is 2. The summed E-state index contributed by atoms with van der Waals surface area (Å²) in [6.45, 7) is -0.706. The summed E-state index contributed by atoms with van der Waals surface area (Å²) < 4.78 is 16.6. The molecule has 0 aliphatic carbocycles. The van der Waals surface area contributed by atoms with Gasteiger partial charge >= 0.3 is 0 Å². The highest BCUT2D eigenvalue weighted by Gasteiger charge is 2.45.